The zero-order valence-corrected chi connectivity index (χ0v) is 15.8. The second-order valence-electron chi connectivity index (χ2n) is 5.71. The van der Waals surface area contributed by atoms with Crippen molar-refractivity contribution < 1.29 is 26.3 Å². The van der Waals surface area contributed by atoms with Crippen molar-refractivity contribution in [1.29, 1.82) is 0 Å². The molecule has 148 valence electrons. The summed E-state index contributed by atoms with van der Waals surface area (Å²) in [7, 11) is -2.51. The molecule has 0 aliphatic heterocycles. The van der Waals surface area contributed by atoms with Crippen molar-refractivity contribution in [3.8, 4) is 22.7 Å². The third kappa shape index (κ3) is 3.98. The Bertz CT molecular complexity index is 1130. The number of benzene rings is 2. The highest BCUT2D eigenvalue weighted by Crippen LogP contribution is 2.37. The van der Waals surface area contributed by atoms with Crippen LogP contribution in [0.4, 0.5) is 13.2 Å². The molecule has 0 bridgehead atoms. The van der Waals surface area contributed by atoms with Crippen LogP contribution in [0.15, 0.2) is 53.4 Å². The van der Waals surface area contributed by atoms with Gasteiger partial charge >= 0.3 is 6.18 Å². The van der Waals surface area contributed by atoms with Gasteiger partial charge in [0.15, 0.2) is 5.69 Å². The van der Waals surface area contributed by atoms with E-state index in [1.165, 1.54) is 43.5 Å². The molecule has 6 nitrogen and oxygen atoms in total. The van der Waals surface area contributed by atoms with Gasteiger partial charge in [0.25, 0.3) is 0 Å². The Morgan fingerprint density at radius 1 is 1.11 bits per heavy atom. The maximum atomic E-state index is 13.2. The number of aromatic nitrogens is 2. The molecule has 0 unspecified atom stereocenters. The summed E-state index contributed by atoms with van der Waals surface area (Å²) in [4.78, 5) is -0.177. The number of nitrogens with zero attached hydrogens (tertiary/aromatic N) is 2. The quantitative estimate of drug-likeness (QED) is 0.679. The predicted octanol–water partition coefficient (Wildman–Crippen LogP) is 3.87. The van der Waals surface area contributed by atoms with Crippen molar-refractivity contribution in [2.45, 2.75) is 11.1 Å². The van der Waals surface area contributed by atoms with Gasteiger partial charge in [0.1, 0.15) is 5.75 Å². The maximum absolute atomic E-state index is 13.2. The first-order valence-corrected chi connectivity index (χ1v) is 9.57. The number of halogens is 4. The normalized spacial score (nSPS) is 12.2. The molecule has 0 saturated carbocycles. The number of rotatable bonds is 4. The van der Waals surface area contributed by atoms with Crippen LogP contribution in [0, 0.1) is 0 Å². The lowest BCUT2D eigenvalue weighted by Gasteiger charge is -2.10. The molecule has 2 N–H and O–H groups in total. The monoisotopic (exact) mass is 431 g/mol. The molecular weight excluding hydrogens is 419 g/mol. The summed E-state index contributed by atoms with van der Waals surface area (Å²) < 4.78 is 68.5. The molecule has 0 amide bonds. The largest absolute Gasteiger partial charge is 0.497 e. The number of methoxy groups -OCH3 is 1. The zero-order chi connectivity index (χ0) is 20.7. The number of ether oxygens (including phenoxy) is 1. The Hall–Kier alpha value is -2.56. The second-order valence-corrected chi connectivity index (χ2v) is 7.68. The van der Waals surface area contributed by atoms with Gasteiger partial charge < -0.3 is 4.74 Å². The molecule has 0 fully saturated rings. The Morgan fingerprint density at radius 2 is 1.75 bits per heavy atom. The molecule has 0 aliphatic rings. The van der Waals surface area contributed by atoms with Crippen LogP contribution in [-0.2, 0) is 16.2 Å². The highest BCUT2D eigenvalue weighted by molar-refractivity contribution is 7.89. The number of hydrogen-bond donors (Lipinski definition) is 1. The van der Waals surface area contributed by atoms with Gasteiger partial charge in [-0.1, -0.05) is 11.6 Å². The van der Waals surface area contributed by atoms with Crippen LogP contribution >= 0.6 is 11.6 Å². The van der Waals surface area contributed by atoms with Crippen molar-refractivity contribution in [2.75, 3.05) is 7.11 Å². The fourth-order valence-electron chi connectivity index (χ4n) is 2.52. The Balaban J connectivity index is 2.19. The van der Waals surface area contributed by atoms with Gasteiger partial charge in [-0.3, -0.25) is 0 Å². The minimum atomic E-state index is -4.68. The lowest BCUT2D eigenvalue weighted by Crippen LogP contribution is -2.12. The molecular formula is C17H13ClF3N3O3S. The summed E-state index contributed by atoms with van der Waals surface area (Å²) in [6.45, 7) is 0. The van der Waals surface area contributed by atoms with E-state index in [0.29, 0.717) is 11.3 Å². The smallest absolute Gasteiger partial charge is 0.435 e. The molecule has 3 rings (SSSR count). The molecule has 1 heterocycles. The van der Waals surface area contributed by atoms with Crippen LogP contribution in [0.5, 0.6) is 5.75 Å². The molecule has 0 atom stereocenters. The van der Waals surface area contributed by atoms with Gasteiger partial charge in [-0.2, -0.15) is 18.3 Å². The number of nitrogens with two attached hydrogens (primary N) is 1. The van der Waals surface area contributed by atoms with E-state index in [4.69, 9.17) is 21.5 Å². The van der Waals surface area contributed by atoms with Crippen LogP contribution in [0.1, 0.15) is 5.69 Å². The third-order valence-corrected chi connectivity index (χ3v) is 5.10. The van der Waals surface area contributed by atoms with E-state index in [-0.39, 0.29) is 21.3 Å². The van der Waals surface area contributed by atoms with Crippen molar-refractivity contribution in [1.82, 2.24) is 9.78 Å². The van der Waals surface area contributed by atoms with Gasteiger partial charge in [0, 0.05) is 5.56 Å². The lowest BCUT2D eigenvalue weighted by atomic mass is 10.1. The predicted molar refractivity (Wildman–Crippen MR) is 96.9 cm³/mol. The summed E-state index contributed by atoms with van der Waals surface area (Å²) in [5.41, 5.74) is -0.556. The summed E-state index contributed by atoms with van der Waals surface area (Å²) in [5.74, 6) is 0.438. The van der Waals surface area contributed by atoms with Crippen LogP contribution < -0.4 is 9.88 Å². The summed E-state index contributed by atoms with van der Waals surface area (Å²) in [6, 6.07) is 10.3. The van der Waals surface area contributed by atoms with Crippen molar-refractivity contribution >= 4 is 21.6 Å². The molecule has 3 aromatic rings. The minimum Gasteiger partial charge on any atom is -0.497 e. The van der Waals surface area contributed by atoms with E-state index in [9.17, 15) is 21.6 Å². The maximum Gasteiger partial charge on any atom is 0.435 e. The summed E-state index contributed by atoms with van der Waals surface area (Å²) >= 11 is 6.21. The molecule has 0 radical (unpaired) electrons. The third-order valence-electron chi connectivity index (χ3n) is 3.86. The van der Waals surface area contributed by atoms with E-state index in [2.05, 4.69) is 5.10 Å². The zero-order valence-electron chi connectivity index (χ0n) is 14.2. The Kier molecular flexibility index (Phi) is 5.13. The van der Waals surface area contributed by atoms with E-state index in [0.717, 1.165) is 10.7 Å². The number of alkyl halides is 3. The number of hydrogen-bond acceptors (Lipinski definition) is 4. The average molecular weight is 432 g/mol. The summed E-state index contributed by atoms with van der Waals surface area (Å²) in [5, 5.41) is 8.83. The highest BCUT2D eigenvalue weighted by atomic mass is 35.5. The van der Waals surface area contributed by atoms with Gasteiger partial charge in [0.05, 0.1) is 28.4 Å². The first-order valence-electron chi connectivity index (χ1n) is 7.65. The molecule has 28 heavy (non-hydrogen) atoms. The molecule has 1 aromatic heterocycles. The van der Waals surface area contributed by atoms with Gasteiger partial charge in [-0.05, 0) is 48.5 Å². The van der Waals surface area contributed by atoms with E-state index < -0.39 is 21.9 Å². The van der Waals surface area contributed by atoms with E-state index in [1.807, 2.05) is 0 Å². The minimum absolute atomic E-state index is 0.0725. The summed E-state index contributed by atoms with van der Waals surface area (Å²) in [6.07, 6.45) is -4.68. The topological polar surface area (TPSA) is 87.2 Å². The standard InChI is InChI=1S/C17H13ClF3N3O3S/c1-27-11-4-7-13(14(18)8-11)15-9-16(17(19,20)21)23-24(15)10-2-5-12(6-3-10)28(22,25)26/h2-9H,1H3,(H2,22,25,26). The van der Waals surface area contributed by atoms with Crippen LogP contribution in [0.2, 0.25) is 5.02 Å². The molecule has 11 heteroatoms. The van der Waals surface area contributed by atoms with Crippen molar-refractivity contribution in [3.63, 3.8) is 0 Å². The Labute approximate surface area is 163 Å². The van der Waals surface area contributed by atoms with E-state index >= 15 is 0 Å². The van der Waals surface area contributed by atoms with Crippen LogP contribution in [0.25, 0.3) is 16.9 Å². The Morgan fingerprint density at radius 3 is 2.25 bits per heavy atom. The van der Waals surface area contributed by atoms with Gasteiger partial charge in [-0.25, -0.2) is 18.2 Å². The van der Waals surface area contributed by atoms with Gasteiger partial charge in [0.2, 0.25) is 10.0 Å². The fraction of sp³-hybridized carbons (Fsp3) is 0.118. The molecule has 0 saturated heterocycles. The average Bonchev–Trinajstić information content (AvgIpc) is 3.06. The molecule has 0 aliphatic carbocycles. The lowest BCUT2D eigenvalue weighted by molar-refractivity contribution is -0.141. The van der Waals surface area contributed by atoms with Gasteiger partial charge in [-0.15, -0.1) is 0 Å². The second kappa shape index (κ2) is 7.12. The SMILES string of the molecule is COc1ccc(-c2cc(C(F)(F)F)nn2-c2ccc(S(N)(=O)=O)cc2)c(Cl)c1. The first kappa shape index (κ1) is 20.2. The number of sulfonamides is 1. The molecule has 0 spiro atoms. The highest BCUT2D eigenvalue weighted by Gasteiger charge is 2.35. The van der Waals surface area contributed by atoms with Crippen molar-refractivity contribution in [3.05, 3.63) is 59.2 Å². The van der Waals surface area contributed by atoms with Crippen LogP contribution in [-0.4, -0.2) is 25.3 Å². The fourth-order valence-corrected chi connectivity index (χ4v) is 3.30. The van der Waals surface area contributed by atoms with Crippen LogP contribution in [0.3, 0.4) is 0 Å². The molecule has 2 aromatic carbocycles. The number of primary sulfonamides is 1. The first-order chi connectivity index (χ1) is 13.0. The van der Waals surface area contributed by atoms with Crippen molar-refractivity contribution in [2.24, 2.45) is 5.14 Å². The van der Waals surface area contributed by atoms with E-state index in [1.54, 1.807) is 6.07 Å².